The summed E-state index contributed by atoms with van der Waals surface area (Å²) < 4.78 is 0. The molecule has 0 aromatic carbocycles. The standard InChI is InChI=1S/C8H12Cl2O4S2/c1-7(9,5(11)12)3-15-16-4-8(2,10)6(13)14/h3-4H2,1-2H3,(H,11,12)(H,13,14)/t7-,8-/m0/s1. The summed E-state index contributed by atoms with van der Waals surface area (Å²) >= 11 is 11.4. The van der Waals surface area contributed by atoms with Gasteiger partial charge in [-0.05, 0) is 13.8 Å². The van der Waals surface area contributed by atoms with Gasteiger partial charge in [-0.15, -0.1) is 23.2 Å². The fourth-order valence-electron chi connectivity index (χ4n) is 0.428. The predicted molar refractivity (Wildman–Crippen MR) is 68.7 cm³/mol. The van der Waals surface area contributed by atoms with Crippen molar-refractivity contribution in [3.63, 3.8) is 0 Å². The lowest BCUT2D eigenvalue weighted by molar-refractivity contribution is -0.140. The summed E-state index contributed by atoms with van der Waals surface area (Å²) in [5, 5.41) is 17.4. The number of hydrogen-bond donors (Lipinski definition) is 2. The van der Waals surface area contributed by atoms with Crippen molar-refractivity contribution in [1.82, 2.24) is 0 Å². The van der Waals surface area contributed by atoms with Crippen LogP contribution in [0.25, 0.3) is 0 Å². The molecule has 8 heteroatoms. The number of hydrogen-bond acceptors (Lipinski definition) is 4. The molecule has 4 nitrogen and oxygen atoms in total. The maximum atomic E-state index is 10.6. The Hall–Kier alpha value is 0.220. The highest BCUT2D eigenvalue weighted by Crippen LogP contribution is 2.33. The molecule has 2 N–H and O–H groups in total. The van der Waals surface area contributed by atoms with E-state index in [1.54, 1.807) is 0 Å². The van der Waals surface area contributed by atoms with E-state index in [9.17, 15) is 9.59 Å². The van der Waals surface area contributed by atoms with Crippen molar-refractivity contribution in [3.05, 3.63) is 0 Å². The highest BCUT2D eigenvalue weighted by atomic mass is 35.5. The number of alkyl halides is 2. The Balaban J connectivity index is 3.94. The topological polar surface area (TPSA) is 74.6 Å². The minimum Gasteiger partial charge on any atom is -0.480 e. The Morgan fingerprint density at radius 1 is 1.00 bits per heavy atom. The Bertz CT molecular complexity index is 253. The number of rotatable bonds is 7. The second-order valence-electron chi connectivity index (χ2n) is 3.53. The zero-order chi connectivity index (χ0) is 13.0. The molecule has 0 radical (unpaired) electrons. The molecule has 0 saturated heterocycles. The first-order chi connectivity index (χ1) is 7.09. The molecule has 0 spiro atoms. The lowest BCUT2D eigenvalue weighted by atomic mass is 10.2. The summed E-state index contributed by atoms with van der Waals surface area (Å²) in [6, 6.07) is 0. The molecule has 2 atom stereocenters. The van der Waals surface area contributed by atoms with Crippen LogP contribution in [0.4, 0.5) is 0 Å². The molecule has 0 aromatic heterocycles. The van der Waals surface area contributed by atoms with E-state index in [0.717, 1.165) is 0 Å². The van der Waals surface area contributed by atoms with Gasteiger partial charge in [0.25, 0.3) is 0 Å². The van der Waals surface area contributed by atoms with Crippen LogP contribution in [0.1, 0.15) is 13.8 Å². The molecule has 16 heavy (non-hydrogen) atoms. The normalized spacial score (nSPS) is 18.5. The Morgan fingerprint density at radius 2 is 1.25 bits per heavy atom. The van der Waals surface area contributed by atoms with Crippen molar-refractivity contribution in [3.8, 4) is 0 Å². The molecule has 0 bridgehead atoms. The SMILES string of the molecule is C[C@](Cl)(CSSC[C@](C)(Cl)C(=O)O)C(=O)O. The first-order valence-corrected chi connectivity index (χ1v) is 7.43. The quantitative estimate of drug-likeness (QED) is 0.428. The van der Waals surface area contributed by atoms with Gasteiger partial charge in [0.1, 0.15) is 9.75 Å². The molecular weight excluding hydrogens is 295 g/mol. The van der Waals surface area contributed by atoms with Crippen LogP contribution in [0, 0.1) is 0 Å². The molecule has 94 valence electrons. The van der Waals surface area contributed by atoms with Gasteiger partial charge in [-0.2, -0.15) is 0 Å². The highest BCUT2D eigenvalue weighted by molar-refractivity contribution is 8.76. The number of carboxylic acids is 2. The minimum absolute atomic E-state index is 0.168. The van der Waals surface area contributed by atoms with Crippen molar-refractivity contribution in [2.24, 2.45) is 0 Å². The van der Waals surface area contributed by atoms with E-state index in [1.165, 1.54) is 35.4 Å². The van der Waals surface area contributed by atoms with E-state index in [-0.39, 0.29) is 11.5 Å². The van der Waals surface area contributed by atoms with Gasteiger partial charge in [0.05, 0.1) is 0 Å². The van der Waals surface area contributed by atoms with Gasteiger partial charge in [0, 0.05) is 11.5 Å². The fourth-order valence-corrected chi connectivity index (χ4v) is 3.91. The second-order valence-corrected chi connectivity index (χ2v) is 7.66. The first kappa shape index (κ1) is 16.2. The summed E-state index contributed by atoms with van der Waals surface area (Å²) in [4.78, 5) is 18.6. The van der Waals surface area contributed by atoms with Crippen LogP contribution in [0.5, 0.6) is 0 Å². The van der Waals surface area contributed by atoms with Gasteiger partial charge in [-0.3, -0.25) is 9.59 Å². The maximum absolute atomic E-state index is 10.6. The van der Waals surface area contributed by atoms with E-state index in [1.807, 2.05) is 0 Å². The monoisotopic (exact) mass is 306 g/mol. The van der Waals surface area contributed by atoms with Crippen LogP contribution in [0.15, 0.2) is 0 Å². The third-order valence-corrected chi connectivity index (χ3v) is 5.31. The first-order valence-electron chi connectivity index (χ1n) is 4.18. The van der Waals surface area contributed by atoms with Gasteiger partial charge in [-0.25, -0.2) is 0 Å². The van der Waals surface area contributed by atoms with E-state index in [0.29, 0.717) is 0 Å². The van der Waals surface area contributed by atoms with E-state index < -0.39 is 21.7 Å². The van der Waals surface area contributed by atoms with Gasteiger partial charge >= 0.3 is 11.9 Å². The zero-order valence-corrected chi connectivity index (χ0v) is 11.8. The molecule has 0 unspecified atom stereocenters. The van der Waals surface area contributed by atoms with Gasteiger partial charge in [-0.1, -0.05) is 21.6 Å². The molecule has 0 amide bonds. The van der Waals surface area contributed by atoms with Crippen LogP contribution in [-0.2, 0) is 9.59 Å². The minimum atomic E-state index is -1.34. The average molecular weight is 307 g/mol. The zero-order valence-electron chi connectivity index (χ0n) is 8.70. The van der Waals surface area contributed by atoms with Gasteiger partial charge in [0.2, 0.25) is 0 Å². The molecule has 0 fully saturated rings. The van der Waals surface area contributed by atoms with E-state index in [2.05, 4.69) is 0 Å². The smallest absolute Gasteiger partial charge is 0.325 e. The maximum Gasteiger partial charge on any atom is 0.325 e. The van der Waals surface area contributed by atoms with Crippen molar-refractivity contribution >= 4 is 56.7 Å². The third-order valence-electron chi connectivity index (χ3n) is 1.64. The molecule has 0 saturated carbocycles. The summed E-state index contributed by atoms with van der Waals surface area (Å²) in [6.45, 7) is 2.78. The summed E-state index contributed by atoms with van der Waals surface area (Å²) in [6.07, 6.45) is 0. The number of aliphatic carboxylic acids is 2. The lowest BCUT2D eigenvalue weighted by Gasteiger charge is -2.18. The van der Waals surface area contributed by atoms with Gasteiger partial charge in [0.15, 0.2) is 0 Å². The van der Waals surface area contributed by atoms with Crippen LogP contribution in [0.3, 0.4) is 0 Å². The lowest BCUT2D eigenvalue weighted by Crippen LogP contribution is -2.32. The second kappa shape index (κ2) is 6.23. The molecule has 0 heterocycles. The number of carboxylic acid groups (broad SMARTS) is 2. The number of carbonyl (C=O) groups is 2. The van der Waals surface area contributed by atoms with Gasteiger partial charge < -0.3 is 10.2 Å². The fraction of sp³-hybridized carbons (Fsp3) is 0.750. The molecule has 0 rings (SSSR count). The number of halogens is 2. The summed E-state index contributed by atoms with van der Waals surface area (Å²) in [5.41, 5.74) is 0. The van der Waals surface area contributed by atoms with Crippen molar-refractivity contribution < 1.29 is 19.8 Å². The average Bonchev–Trinajstić information content (AvgIpc) is 2.12. The Kier molecular flexibility index (Phi) is 6.32. The van der Waals surface area contributed by atoms with Crippen LogP contribution >= 0.6 is 44.8 Å². The molecule has 0 aliphatic heterocycles. The van der Waals surface area contributed by atoms with Crippen LogP contribution in [0.2, 0.25) is 0 Å². The Morgan fingerprint density at radius 3 is 1.44 bits per heavy atom. The summed E-state index contributed by atoms with van der Waals surface area (Å²) in [5.74, 6) is -1.87. The molecular formula is C8H12Cl2O4S2. The van der Waals surface area contributed by atoms with E-state index in [4.69, 9.17) is 33.4 Å². The largest absolute Gasteiger partial charge is 0.480 e. The van der Waals surface area contributed by atoms with Crippen molar-refractivity contribution in [2.45, 2.75) is 23.6 Å². The summed E-state index contributed by atoms with van der Waals surface area (Å²) in [7, 11) is 2.38. The van der Waals surface area contributed by atoms with Crippen LogP contribution < -0.4 is 0 Å². The van der Waals surface area contributed by atoms with E-state index >= 15 is 0 Å². The van der Waals surface area contributed by atoms with Crippen LogP contribution in [-0.4, -0.2) is 43.4 Å². The molecule has 0 aliphatic rings. The molecule has 0 aromatic rings. The predicted octanol–water partition coefficient (Wildman–Crippen LogP) is 2.53. The highest BCUT2D eigenvalue weighted by Gasteiger charge is 2.33. The third kappa shape index (κ3) is 5.52. The molecule has 0 aliphatic carbocycles. The van der Waals surface area contributed by atoms with Crippen molar-refractivity contribution in [2.75, 3.05) is 11.5 Å². The Labute approximate surface area is 111 Å². The van der Waals surface area contributed by atoms with Crippen molar-refractivity contribution in [1.29, 1.82) is 0 Å².